The van der Waals surface area contributed by atoms with E-state index in [1.165, 1.54) is 0 Å². The summed E-state index contributed by atoms with van der Waals surface area (Å²) in [5.74, 6) is 1.06. The van der Waals surface area contributed by atoms with Gasteiger partial charge in [-0.3, -0.25) is 4.72 Å². The van der Waals surface area contributed by atoms with Gasteiger partial charge in [-0.1, -0.05) is 36.9 Å². The minimum Gasteiger partial charge on any atom is -0.455 e. The molecule has 0 saturated carbocycles. The van der Waals surface area contributed by atoms with Crippen LogP contribution in [0.3, 0.4) is 0 Å². The van der Waals surface area contributed by atoms with Gasteiger partial charge in [0.05, 0.1) is 5.69 Å². The molecule has 2 rings (SSSR count). The van der Waals surface area contributed by atoms with E-state index in [9.17, 15) is 8.42 Å². The highest BCUT2D eigenvalue weighted by Crippen LogP contribution is 2.29. The lowest BCUT2D eigenvalue weighted by molar-refractivity contribution is 0.485. The summed E-state index contributed by atoms with van der Waals surface area (Å²) < 4.78 is 31.0. The van der Waals surface area contributed by atoms with E-state index in [4.69, 9.17) is 4.74 Å². The van der Waals surface area contributed by atoms with Gasteiger partial charge in [-0.05, 0) is 24.3 Å². The van der Waals surface area contributed by atoms with Gasteiger partial charge < -0.3 is 4.74 Å². The van der Waals surface area contributed by atoms with Gasteiger partial charge in [0.2, 0.25) is 0 Å². The Hall–Kier alpha value is -2.27. The van der Waals surface area contributed by atoms with Crippen LogP contribution in [-0.4, -0.2) is 8.42 Å². The molecule has 2 aromatic rings. The Bertz CT molecular complexity index is 666. The van der Waals surface area contributed by atoms with Crippen molar-refractivity contribution >= 4 is 15.7 Å². The molecule has 19 heavy (non-hydrogen) atoms. The van der Waals surface area contributed by atoms with E-state index in [1.54, 1.807) is 36.4 Å². The number of sulfonamides is 1. The number of nitrogens with one attached hydrogen (secondary N) is 1. The second-order valence-electron chi connectivity index (χ2n) is 3.73. The highest BCUT2D eigenvalue weighted by atomic mass is 32.2. The molecule has 98 valence electrons. The Kier molecular flexibility index (Phi) is 3.87. The average Bonchev–Trinajstić information content (AvgIpc) is 2.42. The maximum absolute atomic E-state index is 11.5. The molecule has 0 spiro atoms. The van der Waals surface area contributed by atoms with Gasteiger partial charge in [0.1, 0.15) is 5.75 Å². The number of hydrogen-bond donors (Lipinski definition) is 1. The van der Waals surface area contributed by atoms with Gasteiger partial charge in [-0.25, -0.2) is 8.42 Å². The van der Waals surface area contributed by atoms with E-state index in [0.717, 1.165) is 5.41 Å². The third kappa shape index (κ3) is 3.59. The third-order valence-corrected chi connectivity index (χ3v) is 3.27. The maximum Gasteiger partial charge on any atom is 0.254 e. The van der Waals surface area contributed by atoms with Crippen LogP contribution in [0.1, 0.15) is 0 Å². The van der Waals surface area contributed by atoms with Crippen LogP contribution in [0.2, 0.25) is 0 Å². The van der Waals surface area contributed by atoms with E-state index in [2.05, 4.69) is 11.3 Å². The van der Waals surface area contributed by atoms with Gasteiger partial charge in [-0.15, -0.1) is 0 Å². The summed E-state index contributed by atoms with van der Waals surface area (Å²) in [4.78, 5) is 0. The molecule has 1 N–H and O–H groups in total. The van der Waals surface area contributed by atoms with Crippen LogP contribution in [-0.2, 0) is 10.0 Å². The predicted molar refractivity (Wildman–Crippen MR) is 75.7 cm³/mol. The molecule has 0 aromatic heterocycles. The van der Waals surface area contributed by atoms with E-state index in [0.29, 0.717) is 17.2 Å². The summed E-state index contributed by atoms with van der Waals surface area (Å²) in [6.07, 6.45) is 0. The zero-order valence-electron chi connectivity index (χ0n) is 10.1. The Morgan fingerprint density at radius 2 is 1.63 bits per heavy atom. The largest absolute Gasteiger partial charge is 0.455 e. The first-order valence-corrected chi connectivity index (χ1v) is 7.12. The molecule has 0 aliphatic rings. The average molecular weight is 275 g/mol. The fourth-order valence-corrected chi connectivity index (χ4v) is 2.01. The quantitative estimate of drug-likeness (QED) is 0.910. The standard InChI is InChI=1S/C14H13NO3S/c1-2-19(16,17)15-13-10-6-7-11-14(13)18-12-8-4-3-5-9-12/h2-11,15H,1H2. The van der Waals surface area contributed by atoms with Gasteiger partial charge in [0.25, 0.3) is 10.0 Å². The maximum atomic E-state index is 11.5. The number of anilines is 1. The van der Waals surface area contributed by atoms with Crippen LogP contribution in [0.5, 0.6) is 11.5 Å². The molecule has 2 aromatic carbocycles. The van der Waals surface area contributed by atoms with Crippen LogP contribution in [0.25, 0.3) is 0 Å². The lowest BCUT2D eigenvalue weighted by Gasteiger charge is -2.11. The van der Waals surface area contributed by atoms with Crippen molar-refractivity contribution in [2.24, 2.45) is 0 Å². The molecule has 0 heterocycles. The first kappa shape index (κ1) is 13.2. The van der Waals surface area contributed by atoms with Crippen LogP contribution in [0.15, 0.2) is 66.6 Å². The first-order chi connectivity index (χ1) is 9.11. The van der Waals surface area contributed by atoms with Gasteiger partial charge in [0, 0.05) is 5.41 Å². The molecule has 0 aliphatic carbocycles. The summed E-state index contributed by atoms with van der Waals surface area (Å²) >= 11 is 0. The molecule has 0 aliphatic heterocycles. The van der Waals surface area contributed by atoms with Crippen molar-refractivity contribution in [3.8, 4) is 11.5 Å². The summed E-state index contributed by atoms with van der Waals surface area (Å²) in [5, 5.41) is 0.853. The Labute approximate surface area is 112 Å². The topological polar surface area (TPSA) is 55.4 Å². The van der Waals surface area contributed by atoms with Gasteiger partial charge in [0.15, 0.2) is 5.75 Å². The molecular weight excluding hydrogens is 262 g/mol. The SMILES string of the molecule is C=CS(=O)(=O)Nc1ccccc1Oc1ccccc1. The molecule has 0 unspecified atom stereocenters. The summed E-state index contributed by atoms with van der Waals surface area (Å²) in [6.45, 7) is 3.25. The number of hydrogen-bond acceptors (Lipinski definition) is 3. The zero-order valence-corrected chi connectivity index (χ0v) is 10.9. The fourth-order valence-electron chi connectivity index (χ4n) is 1.45. The predicted octanol–water partition coefficient (Wildman–Crippen LogP) is 3.36. The normalized spacial score (nSPS) is 10.7. The number of rotatable bonds is 5. The van der Waals surface area contributed by atoms with Gasteiger partial charge >= 0.3 is 0 Å². The van der Waals surface area contributed by atoms with E-state index >= 15 is 0 Å². The molecule has 4 nitrogen and oxygen atoms in total. The van der Waals surface area contributed by atoms with Gasteiger partial charge in [-0.2, -0.15) is 0 Å². The molecule has 0 fully saturated rings. The molecule has 0 atom stereocenters. The lowest BCUT2D eigenvalue weighted by atomic mass is 10.3. The summed E-state index contributed by atoms with van der Waals surface area (Å²) in [7, 11) is -3.55. The minimum atomic E-state index is -3.55. The van der Waals surface area contributed by atoms with E-state index < -0.39 is 10.0 Å². The van der Waals surface area contributed by atoms with E-state index in [1.807, 2.05) is 18.2 Å². The summed E-state index contributed by atoms with van der Waals surface area (Å²) in [6, 6.07) is 15.9. The number of benzene rings is 2. The molecule has 5 heteroatoms. The van der Waals surface area contributed by atoms with Crippen molar-refractivity contribution < 1.29 is 13.2 Å². The molecule has 0 amide bonds. The second-order valence-corrected chi connectivity index (χ2v) is 5.35. The third-order valence-electron chi connectivity index (χ3n) is 2.33. The van der Waals surface area contributed by atoms with Crippen molar-refractivity contribution in [3.05, 3.63) is 66.6 Å². The smallest absolute Gasteiger partial charge is 0.254 e. The minimum absolute atomic E-state index is 0.367. The van der Waals surface area contributed by atoms with Crippen LogP contribution in [0, 0.1) is 0 Å². The monoisotopic (exact) mass is 275 g/mol. The fraction of sp³-hybridized carbons (Fsp3) is 0. The van der Waals surface area contributed by atoms with Crippen LogP contribution in [0.4, 0.5) is 5.69 Å². The lowest BCUT2D eigenvalue weighted by Crippen LogP contribution is -2.09. The number of ether oxygens (including phenoxy) is 1. The van der Waals surface area contributed by atoms with Crippen molar-refractivity contribution in [3.63, 3.8) is 0 Å². The first-order valence-electron chi connectivity index (χ1n) is 5.58. The molecule has 0 bridgehead atoms. The van der Waals surface area contributed by atoms with Crippen molar-refractivity contribution in [1.82, 2.24) is 0 Å². The van der Waals surface area contributed by atoms with Crippen molar-refractivity contribution in [1.29, 1.82) is 0 Å². The van der Waals surface area contributed by atoms with Crippen LogP contribution < -0.4 is 9.46 Å². The Morgan fingerprint density at radius 3 is 2.32 bits per heavy atom. The summed E-state index contributed by atoms with van der Waals surface area (Å²) in [5.41, 5.74) is 0.367. The Morgan fingerprint density at radius 1 is 1.00 bits per heavy atom. The zero-order chi connectivity index (χ0) is 13.7. The molecule has 0 radical (unpaired) electrons. The highest BCUT2D eigenvalue weighted by molar-refractivity contribution is 7.95. The molecular formula is C14H13NO3S. The van der Waals surface area contributed by atoms with E-state index in [-0.39, 0.29) is 0 Å². The number of para-hydroxylation sites is 3. The highest BCUT2D eigenvalue weighted by Gasteiger charge is 2.09. The van der Waals surface area contributed by atoms with Crippen LogP contribution >= 0.6 is 0 Å². The Balaban J connectivity index is 2.29. The second kappa shape index (κ2) is 5.58. The van der Waals surface area contributed by atoms with Crippen molar-refractivity contribution in [2.75, 3.05) is 4.72 Å². The molecule has 0 saturated heterocycles. The van der Waals surface area contributed by atoms with Crippen molar-refractivity contribution in [2.45, 2.75) is 0 Å².